The van der Waals surface area contributed by atoms with Crippen LogP contribution >= 0.6 is 11.3 Å². The Morgan fingerprint density at radius 3 is 2.59 bits per heavy atom. The van der Waals surface area contributed by atoms with Crippen LogP contribution in [0.5, 0.6) is 0 Å². The average molecular weight is 405 g/mol. The average Bonchev–Trinajstić information content (AvgIpc) is 3.08. The summed E-state index contributed by atoms with van der Waals surface area (Å²) in [5.41, 5.74) is 4.82. The van der Waals surface area contributed by atoms with Gasteiger partial charge in [0, 0.05) is 62.2 Å². The zero-order valence-electron chi connectivity index (χ0n) is 16.3. The molecule has 29 heavy (non-hydrogen) atoms. The van der Waals surface area contributed by atoms with E-state index in [1.807, 2.05) is 23.7 Å². The molecule has 1 N–H and O–H groups in total. The lowest BCUT2D eigenvalue weighted by molar-refractivity contribution is 0.0180. The van der Waals surface area contributed by atoms with Crippen LogP contribution in [-0.2, 0) is 5.41 Å². The lowest BCUT2D eigenvalue weighted by Gasteiger charge is -2.55. The van der Waals surface area contributed by atoms with E-state index in [4.69, 9.17) is 0 Å². The Balaban J connectivity index is 1.38. The molecule has 5 nitrogen and oxygen atoms in total. The molecule has 2 aromatic carbocycles. The predicted octanol–water partition coefficient (Wildman–Crippen LogP) is 2.59. The molecular weight excluding hydrogens is 380 g/mol. The molecule has 4 aliphatic rings. The van der Waals surface area contributed by atoms with Crippen LogP contribution < -0.4 is 5.32 Å². The van der Waals surface area contributed by atoms with Crippen LogP contribution in [0.2, 0.25) is 0 Å². The monoisotopic (exact) mass is 404 g/mol. The summed E-state index contributed by atoms with van der Waals surface area (Å²) in [7, 11) is 0. The number of benzene rings is 2. The molecule has 3 atom stereocenters. The summed E-state index contributed by atoms with van der Waals surface area (Å²) in [6.07, 6.45) is 0. The number of fused-ring (bicyclic) bond motifs is 2. The zero-order valence-corrected chi connectivity index (χ0v) is 17.1. The van der Waals surface area contributed by atoms with Gasteiger partial charge in [0.15, 0.2) is 0 Å². The first kappa shape index (κ1) is 17.6. The lowest BCUT2D eigenvalue weighted by Crippen LogP contribution is -2.70. The van der Waals surface area contributed by atoms with E-state index < -0.39 is 0 Å². The van der Waals surface area contributed by atoms with Gasteiger partial charge in [-0.2, -0.15) is 0 Å². The fourth-order valence-corrected chi connectivity index (χ4v) is 6.51. The van der Waals surface area contributed by atoms with Crippen LogP contribution in [0.15, 0.2) is 54.0 Å². The lowest BCUT2D eigenvalue weighted by atomic mass is 9.64. The molecule has 0 spiro atoms. The number of carbonyl (C=O) groups excluding carboxylic acids is 1. The maximum atomic E-state index is 13.3. The Labute approximate surface area is 174 Å². The molecule has 148 valence electrons. The summed E-state index contributed by atoms with van der Waals surface area (Å²) < 4.78 is 1.06. The molecule has 0 aliphatic carbocycles. The number of carbonyl (C=O) groups is 1. The van der Waals surface area contributed by atoms with Gasteiger partial charge < -0.3 is 15.1 Å². The van der Waals surface area contributed by atoms with E-state index in [0.29, 0.717) is 5.92 Å². The SMILES string of the molecule is O=C(NC1C2CN3CCN(C2)CC1(c1ccccc1)C3)c1ccc2ncsc2c1. The minimum Gasteiger partial charge on any atom is -0.348 e. The van der Waals surface area contributed by atoms with Crippen molar-refractivity contribution in [2.75, 3.05) is 39.3 Å². The van der Waals surface area contributed by atoms with E-state index in [9.17, 15) is 4.79 Å². The number of rotatable bonds is 3. The van der Waals surface area contributed by atoms with Gasteiger partial charge >= 0.3 is 0 Å². The highest BCUT2D eigenvalue weighted by Gasteiger charge is 2.55. The van der Waals surface area contributed by atoms with E-state index in [0.717, 1.165) is 55.0 Å². The second-order valence-electron chi connectivity index (χ2n) is 8.74. The molecule has 4 aliphatic heterocycles. The van der Waals surface area contributed by atoms with Crippen molar-refractivity contribution in [3.05, 3.63) is 65.2 Å². The number of aromatic nitrogens is 1. The molecule has 3 unspecified atom stereocenters. The molecule has 1 aromatic heterocycles. The van der Waals surface area contributed by atoms with Crippen molar-refractivity contribution in [2.45, 2.75) is 11.5 Å². The second kappa shape index (κ2) is 6.62. The van der Waals surface area contributed by atoms with Crippen molar-refractivity contribution >= 4 is 27.5 Å². The first-order valence-electron chi connectivity index (χ1n) is 10.4. The third-order valence-corrected chi connectivity index (χ3v) is 7.82. The maximum absolute atomic E-state index is 13.3. The van der Waals surface area contributed by atoms with Crippen LogP contribution in [0.4, 0.5) is 0 Å². The van der Waals surface area contributed by atoms with Crippen molar-refractivity contribution in [3.63, 3.8) is 0 Å². The second-order valence-corrected chi connectivity index (χ2v) is 9.62. The molecule has 4 fully saturated rings. The number of piperidine rings is 2. The molecule has 3 aromatic rings. The van der Waals surface area contributed by atoms with Gasteiger partial charge in [-0.15, -0.1) is 11.3 Å². The molecule has 4 bridgehead atoms. The largest absolute Gasteiger partial charge is 0.348 e. The molecule has 0 radical (unpaired) electrons. The fraction of sp³-hybridized carbons (Fsp3) is 0.391. The van der Waals surface area contributed by atoms with E-state index in [1.165, 1.54) is 5.56 Å². The zero-order chi connectivity index (χ0) is 19.4. The van der Waals surface area contributed by atoms with Gasteiger partial charge in [0.05, 0.1) is 15.7 Å². The topological polar surface area (TPSA) is 48.5 Å². The van der Waals surface area contributed by atoms with E-state index in [1.54, 1.807) is 11.3 Å². The normalized spacial score (nSPS) is 33.0. The fourth-order valence-electron chi connectivity index (χ4n) is 5.79. The molecule has 4 saturated heterocycles. The van der Waals surface area contributed by atoms with Gasteiger partial charge in [0.25, 0.3) is 5.91 Å². The number of hydrogen-bond donors (Lipinski definition) is 1. The van der Waals surface area contributed by atoms with Crippen molar-refractivity contribution in [1.82, 2.24) is 20.1 Å². The number of thiazole rings is 1. The number of amides is 1. The van der Waals surface area contributed by atoms with Crippen LogP contribution in [0.1, 0.15) is 15.9 Å². The van der Waals surface area contributed by atoms with Crippen LogP contribution in [0, 0.1) is 5.92 Å². The quantitative estimate of drug-likeness (QED) is 0.729. The van der Waals surface area contributed by atoms with Gasteiger partial charge in [0.1, 0.15) is 0 Å². The molecule has 5 heterocycles. The summed E-state index contributed by atoms with van der Waals surface area (Å²) in [6, 6.07) is 16.8. The number of hydrogen-bond acceptors (Lipinski definition) is 5. The molecule has 1 amide bonds. The van der Waals surface area contributed by atoms with Crippen LogP contribution in [0.3, 0.4) is 0 Å². The highest BCUT2D eigenvalue weighted by atomic mass is 32.1. The Morgan fingerprint density at radius 1 is 1.07 bits per heavy atom. The smallest absolute Gasteiger partial charge is 0.251 e. The molecule has 0 saturated carbocycles. The van der Waals surface area contributed by atoms with Crippen molar-refractivity contribution in [1.29, 1.82) is 0 Å². The van der Waals surface area contributed by atoms with Gasteiger partial charge in [0.2, 0.25) is 0 Å². The Kier molecular flexibility index (Phi) is 4.01. The maximum Gasteiger partial charge on any atom is 0.251 e. The minimum atomic E-state index is -0.0524. The molecular formula is C23H24N4OS. The molecule has 7 rings (SSSR count). The summed E-state index contributed by atoms with van der Waals surface area (Å²) in [5.74, 6) is 0.494. The Hall–Kier alpha value is -2.28. The highest BCUT2D eigenvalue weighted by Crippen LogP contribution is 2.43. The van der Waals surface area contributed by atoms with Gasteiger partial charge in [-0.3, -0.25) is 4.79 Å². The third-order valence-electron chi connectivity index (χ3n) is 7.02. The summed E-state index contributed by atoms with van der Waals surface area (Å²) >= 11 is 1.58. The van der Waals surface area contributed by atoms with Gasteiger partial charge in [-0.05, 0) is 23.8 Å². The third kappa shape index (κ3) is 2.81. The van der Waals surface area contributed by atoms with E-state index >= 15 is 0 Å². The first-order valence-corrected chi connectivity index (χ1v) is 11.2. The van der Waals surface area contributed by atoms with Crippen molar-refractivity contribution in [2.24, 2.45) is 5.92 Å². The molecule has 6 heteroatoms. The minimum absolute atomic E-state index is 0.0387. The number of nitrogens with zero attached hydrogens (tertiary/aromatic N) is 3. The Bertz CT molecular complexity index is 1050. The summed E-state index contributed by atoms with van der Waals surface area (Å²) in [5, 5.41) is 3.49. The number of nitrogens with one attached hydrogen (secondary N) is 1. The van der Waals surface area contributed by atoms with Crippen molar-refractivity contribution < 1.29 is 4.79 Å². The summed E-state index contributed by atoms with van der Waals surface area (Å²) in [4.78, 5) is 22.9. The first-order chi connectivity index (χ1) is 14.2. The van der Waals surface area contributed by atoms with E-state index in [-0.39, 0.29) is 17.4 Å². The standard InChI is InChI=1S/C23H24N4OS/c28-22(16-6-7-19-20(10-16)29-15-24-19)25-21-17-11-26-8-9-27(12-17)14-23(21,13-26)18-4-2-1-3-5-18/h1-7,10,15,17,21H,8-9,11-14H2,(H,25,28). The Morgan fingerprint density at radius 2 is 1.83 bits per heavy atom. The predicted molar refractivity (Wildman–Crippen MR) is 115 cm³/mol. The van der Waals surface area contributed by atoms with Crippen LogP contribution in [-0.4, -0.2) is 66.0 Å². The van der Waals surface area contributed by atoms with Crippen molar-refractivity contribution in [3.8, 4) is 0 Å². The van der Waals surface area contributed by atoms with Gasteiger partial charge in [-0.25, -0.2) is 4.98 Å². The van der Waals surface area contributed by atoms with Gasteiger partial charge in [-0.1, -0.05) is 30.3 Å². The van der Waals surface area contributed by atoms with E-state index in [2.05, 4.69) is 50.4 Å². The highest BCUT2D eigenvalue weighted by molar-refractivity contribution is 7.16. The summed E-state index contributed by atoms with van der Waals surface area (Å²) in [6.45, 7) is 6.45. The van der Waals surface area contributed by atoms with Crippen LogP contribution in [0.25, 0.3) is 10.2 Å².